The number of nitrogens with zero attached hydrogens (tertiary/aromatic N) is 3. The first-order chi connectivity index (χ1) is 16.0. The molecule has 12 heteroatoms. The number of carbonyl (C=O) groups is 1. The summed E-state index contributed by atoms with van der Waals surface area (Å²) in [5.41, 5.74) is -0.320. The number of aliphatic hydroxyl groups is 1. The van der Waals surface area contributed by atoms with Crippen LogP contribution < -0.4 is 0 Å². The van der Waals surface area contributed by atoms with Crippen LogP contribution in [-0.4, -0.2) is 62.6 Å². The summed E-state index contributed by atoms with van der Waals surface area (Å²) in [6.45, 7) is 2.12. The molecule has 3 heterocycles. The molecule has 0 radical (unpaired) electrons. The SMILES string of the molecule is Cc1ccn2c(CC3CN(C(=O)O)CCO3)c(-c3c(F)cc(C(O)C(F)(F)F)cc3F)nc2c1. The van der Waals surface area contributed by atoms with E-state index in [0.29, 0.717) is 23.5 Å². The molecule has 7 nitrogen and oxygen atoms in total. The van der Waals surface area contributed by atoms with E-state index in [1.165, 1.54) is 0 Å². The zero-order chi connectivity index (χ0) is 24.8. The van der Waals surface area contributed by atoms with Crippen molar-refractivity contribution in [1.82, 2.24) is 14.3 Å². The number of aryl methyl sites for hydroxylation is 1. The molecule has 1 aromatic carbocycles. The minimum absolute atomic E-state index is 0.0234. The lowest BCUT2D eigenvalue weighted by Crippen LogP contribution is -2.45. The molecule has 182 valence electrons. The summed E-state index contributed by atoms with van der Waals surface area (Å²) in [5, 5.41) is 18.7. The molecule has 2 aromatic heterocycles. The first-order valence-corrected chi connectivity index (χ1v) is 10.3. The number of benzene rings is 1. The quantitative estimate of drug-likeness (QED) is 0.544. The topological polar surface area (TPSA) is 87.3 Å². The zero-order valence-electron chi connectivity index (χ0n) is 17.8. The van der Waals surface area contributed by atoms with Gasteiger partial charge in [-0.15, -0.1) is 0 Å². The van der Waals surface area contributed by atoms with Crippen molar-refractivity contribution in [2.24, 2.45) is 0 Å². The Labute approximate surface area is 190 Å². The van der Waals surface area contributed by atoms with Crippen LogP contribution in [0, 0.1) is 18.6 Å². The summed E-state index contributed by atoms with van der Waals surface area (Å²) in [7, 11) is 0. The second-order valence-corrected chi connectivity index (χ2v) is 8.07. The van der Waals surface area contributed by atoms with Crippen LogP contribution in [-0.2, 0) is 11.2 Å². The number of pyridine rings is 1. The number of amides is 1. The van der Waals surface area contributed by atoms with Crippen molar-refractivity contribution < 1.29 is 41.7 Å². The highest BCUT2D eigenvalue weighted by Gasteiger charge is 2.40. The number of carboxylic acid groups (broad SMARTS) is 1. The maximum absolute atomic E-state index is 15.0. The second-order valence-electron chi connectivity index (χ2n) is 8.07. The van der Waals surface area contributed by atoms with E-state index in [1.54, 1.807) is 29.7 Å². The molecule has 1 aliphatic heterocycles. The number of ether oxygens (including phenoxy) is 1. The highest BCUT2D eigenvalue weighted by atomic mass is 19.4. The Bertz CT molecular complexity index is 1220. The molecule has 0 spiro atoms. The number of aromatic nitrogens is 2. The Balaban J connectivity index is 1.81. The molecule has 3 aromatic rings. The van der Waals surface area contributed by atoms with Gasteiger partial charge in [0.05, 0.1) is 36.2 Å². The summed E-state index contributed by atoms with van der Waals surface area (Å²) in [6, 6.07) is 4.26. The Morgan fingerprint density at radius 3 is 2.56 bits per heavy atom. The van der Waals surface area contributed by atoms with E-state index < -0.39 is 47.2 Å². The predicted octanol–water partition coefficient (Wildman–Crippen LogP) is 4.10. The molecule has 34 heavy (non-hydrogen) atoms. The summed E-state index contributed by atoms with van der Waals surface area (Å²) in [6.07, 6.45) is -8.24. The minimum Gasteiger partial charge on any atom is -0.465 e. The Hall–Kier alpha value is -3.25. The fraction of sp³-hybridized carbons (Fsp3) is 0.364. The van der Waals surface area contributed by atoms with Crippen LogP contribution in [0.5, 0.6) is 0 Å². The smallest absolute Gasteiger partial charge is 0.418 e. The Morgan fingerprint density at radius 1 is 1.26 bits per heavy atom. The van der Waals surface area contributed by atoms with Crippen molar-refractivity contribution in [3.63, 3.8) is 0 Å². The third-order valence-electron chi connectivity index (χ3n) is 5.64. The average molecular weight is 485 g/mol. The fourth-order valence-corrected chi connectivity index (χ4v) is 3.99. The Kier molecular flexibility index (Phi) is 6.21. The van der Waals surface area contributed by atoms with Crippen molar-refractivity contribution >= 4 is 11.7 Å². The largest absolute Gasteiger partial charge is 0.465 e. The van der Waals surface area contributed by atoms with Crippen molar-refractivity contribution in [2.45, 2.75) is 31.7 Å². The lowest BCUT2D eigenvalue weighted by atomic mass is 10.0. The van der Waals surface area contributed by atoms with E-state index in [4.69, 9.17) is 4.74 Å². The Morgan fingerprint density at radius 2 is 1.94 bits per heavy atom. The predicted molar refractivity (Wildman–Crippen MR) is 109 cm³/mol. The van der Waals surface area contributed by atoms with Gasteiger partial charge in [-0.25, -0.2) is 18.6 Å². The number of alkyl halides is 3. The summed E-state index contributed by atoms with van der Waals surface area (Å²) >= 11 is 0. The van der Waals surface area contributed by atoms with Gasteiger partial charge in [-0.3, -0.25) is 0 Å². The van der Waals surface area contributed by atoms with Gasteiger partial charge in [0.1, 0.15) is 17.3 Å². The molecular weight excluding hydrogens is 465 g/mol. The normalized spacial score (nSPS) is 17.9. The fourth-order valence-electron chi connectivity index (χ4n) is 3.99. The van der Waals surface area contributed by atoms with Gasteiger partial charge in [-0.1, -0.05) is 0 Å². The van der Waals surface area contributed by atoms with Crippen molar-refractivity contribution in [3.05, 3.63) is 58.9 Å². The summed E-state index contributed by atoms with van der Waals surface area (Å²) in [5.74, 6) is -2.65. The molecule has 1 aliphatic rings. The number of imidazole rings is 1. The van der Waals surface area contributed by atoms with E-state index in [0.717, 1.165) is 10.5 Å². The molecule has 1 fully saturated rings. The van der Waals surface area contributed by atoms with Gasteiger partial charge in [0.2, 0.25) is 0 Å². The number of fused-ring (bicyclic) bond motifs is 1. The third kappa shape index (κ3) is 4.55. The van der Waals surface area contributed by atoms with Gasteiger partial charge in [0.25, 0.3) is 0 Å². The van der Waals surface area contributed by atoms with Crippen molar-refractivity contribution in [3.8, 4) is 11.3 Å². The van der Waals surface area contributed by atoms with E-state index >= 15 is 0 Å². The lowest BCUT2D eigenvalue weighted by molar-refractivity contribution is -0.206. The number of rotatable bonds is 4. The molecule has 2 N–H and O–H groups in total. The molecule has 1 saturated heterocycles. The molecule has 0 aliphatic carbocycles. The summed E-state index contributed by atoms with van der Waals surface area (Å²) < 4.78 is 75.7. The van der Waals surface area contributed by atoms with Crippen LogP contribution >= 0.6 is 0 Å². The maximum Gasteiger partial charge on any atom is 0.418 e. The van der Waals surface area contributed by atoms with E-state index in [1.807, 2.05) is 0 Å². The number of aliphatic hydroxyl groups excluding tert-OH is 1. The maximum atomic E-state index is 15.0. The van der Waals surface area contributed by atoms with Crippen LogP contribution in [0.15, 0.2) is 30.5 Å². The third-order valence-corrected chi connectivity index (χ3v) is 5.64. The van der Waals surface area contributed by atoms with Gasteiger partial charge >= 0.3 is 12.3 Å². The van der Waals surface area contributed by atoms with Crippen molar-refractivity contribution in [1.29, 1.82) is 0 Å². The van der Waals surface area contributed by atoms with E-state index in [-0.39, 0.29) is 31.8 Å². The summed E-state index contributed by atoms with van der Waals surface area (Å²) in [4.78, 5) is 16.8. The highest BCUT2D eigenvalue weighted by Crippen LogP contribution is 2.37. The van der Waals surface area contributed by atoms with Crippen LogP contribution in [0.25, 0.3) is 16.9 Å². The lowest BCUT2D eigenvalue weighted by Gasteiger charge is -2.31. The number of hydrogen-bond acceptors (Lipinski definition) is 4. The van der Waals surface area contributed by atoms with Crippen LogP contribution in [0.3, 0.4) is 0 Å². The number of hydrogen-bond donors (Lipinski definition) is 2. The highest BCUT2D eigenvalue weighted by molar-refractivity contribution is 5.69. The molecule has 2 unspecified atom stereocenters. The van der Waals surface area contributed by atoms with E-state index in [2.05, 4.69) is 4.98 Å². The van der Waals surface area contributed by atoms with Gasteiger partial charge in [-0.05, 0) is 42.3 Å². The molecule has 4 rings (SSSR count). The van der Waals surface area contributed by atoms with Gasteiger partial charge in [0, 0.05) is 19.2 Å². The molecule has 0 saturated carbocycles. The van der Waals surface area contributed by atoms with Gasteiger partial charge < -0.3 is 24.3 Å². The average Bonchev–Trinajstić information content (AvgIpc) is 3.09. The van der Waals surface area contributed by atoms with Gasteiger partial charge in [-0.2, -0.15) is 13.2 Å². The van der Waals surface area contributed by atoms with Crippen LogP contribution in [0.4, 0.5) is 26.7 Å². The number of morpholine rings is 1. The van der Waals surface area contributed by atoms with Crippen molar-refractivity contribution in [2.75, 3.05) is 19.7 Å². The van der Waals surface area contributed by atoms with E-state index in [9.17, 15) is 37.0 Å². The number of halogens is 5. The second kappa shape index (κ2) is 8.84. The standard InChI is InChI=1S/C22H20F5N3O4/c1-11-2-3-30-16(9-13-10-29(21(32)33)4-5-34-13)19(28-17(30)6-11)18-14(23)7-12(8-15(18)24)20(31)22(25,26)27/h2-3,6-8,13,20,31H,4-5,9-10H2,1H3,(H,32,33). The molecule has 2 atom stereocenters. The van der Waals surface area contributed by atoms with Gasteiger partial charge in [0.15, 0.2) is 6.10 Å². The first kappa shape index (κ1) is 23.9. The molecule has 0 bridgehead atoms. The monoisotopic (exact) mass is 485 g/mol. The first-order valence-electron chi connectivity index (χ1n) is 10.3. The minimum atomic E-state index is -5.10. The molecular formula is C22H20F5N3O4. The zero-order valence-corrected chi connectivity index (χ0v) is 17.8. The van der Waals surface area contributed by atoms with Crippen LogP contribution in [0.2, 0.25) is 0 Å². The molecule has 1 amide bonds. The van der Waals surface area contributed by atoms with Crippen LogP contribution in [0.1, 0.15) is 22.9 Å².